The van der Waals surface area contributed by atoms with Crippen LogP contribution in [0.15, 0.2) is 12.1 Å². The first-order chi connectivity index (χ1) is 9.97. The van der Waals surface area contributed by atoms with Crippen LogP contribution in [-0.2, 0) is 4.79 Å². The topological polar surface area (TPSA) is 120 Å². The van der Waals surface area contributed by atoms with Crippen LogP contribution in [0.2, 0.25) is 0 Å². The number of aromatic nitrogens is 1. The van der Waals surface area contributed by atoms with Crippen LogP contribution < -0.4 is 0 Å². The molecular formula is C12H16N4O5. The largest absolute Gasteiger partial charge is 0.480 e. The highest BCUT2D eigenvalue weighted by Crippen LogP contribution is 2.13. The van der Waals surface area contributed by atoms with Crippen LogP contribution in [0, 0.1) is 10.1 Å². The molecule has 1 aliphatic rings. The standard InChI is InChI=1S/C12H16N4O5/c17-11(18)8-14-4-1-5-15(7-6-14)12(19)9-2-3-10(13-9)16(20)21/h2-3,13H,1,4-8H2,(H,17,18). The molecule has 21 heavy (non-hydrogen) atoms. The number of nitro groups is 1. The van der Waals surface area contributed by atoms with Gasteiger partial charge < -0.3 is 20.1 Å². The summed E-state index contributed by atoms with van der Waals surface area (Å²) in [5.41, 5.74) is 0.174. The van der Waals surface area contributed by atoms with Crippen molar-refractivity contribution in [3.05, 3.63) is 27.9 Å². The third-order valence-electron chi connectivity index (χ3n) is 3.33. The van der Waals surface area contributed by atoms with Gasteiger partial charge in [0.2, 0.25) is 0 Å². The van der Waals surface area contributed by atoms with Crippen LogP contribution in [0.4, 0.5) is 5.82 Å². The summed E-state index contributed by atoms with van der Waals surface area (Å²) in [5, 5.41) is 19.4. The van der Waals surface area contributed by atoms with E-state index in [1.54, 1.807) is 9.80 Å². The highest BCUT2D eigenvalue weighted by atomic mass is 16.6. The molecule has 0 radical (unpaired) electrons. The van der Waals surface area contributed by atoms with E-state index >= 15 is 0 Å². The molecule has 0 bridgehead atoms. The van der Waals surface area contributed by atoms with E-state index < -0.39 is 10.9 Å². The van der Waals surface area contributed by atoms with Crippen molar-refractivity contribution in [3.63, 3.8) is 0 Å². The monoisotopic (exact) mass is 296 g/mol. The van der Waals surface area contributed by atoms with E-state index in [9.17, 15) is 19.7 Å². The van der Waals surface area contributed by atoms with Crippen molar-refractivity contribution >= 4 is 17.7 Å². The molecule has 9 heteroatoms. The minimum Gasteiger partial charge on any atom is -0.480 e. The SMILES string of the molecule is O=C(O)CN1CCCN(C(=O)c2ccc([N+](=O)[O-])[nH]2)CC1. The van der Waals surface area contributed by atoms with Crippen molar-refractivity contribution in [1.82, 2.24) is 14.8 Å². The number of aliphatic carboxylic acids is 1. The smallest absolute Gasteiger partial charge is 0.321 e. The third-order valence-corrected chi connectivity index (χ3v) is 3.33. The zero-order chi connectivity index (χ0) is 15.4. The van der Waals surface area contributed by atoms with Crippen LogP contribution in [0.25, 0.3) is 0 Å². The van der Waals surface area contributed by atoms with Crippen molar-refractivity contribution in [2.45, 2.75) is 6.42 Å². The van der Waals surface area contributed by atoms with E-state index in [2.05, 4.69) is 4.98 Å². The van der Waals surface area contributed by atoms with Gasteiger partial charge in [-0.25, -0.2) is 4.98 Å². The number of H-pyrrole nitrogens is 1. The van der Waals surface area contributed by atoms with Crippen molar-refractivity contribution in [2.24, 2.45) is 0 Å². The van der Waals surface area contributed by atoms with Gasteiger partial charge in [0.05, 0.1) is 6.54 Å². The molecule has 1 aromatic heterocycles. The highest BCUT2D eigenvalue weighted by molar-refractivity contribution is 5.93. The number of nitrogens with one attached hydrogen (secondary N) is 1. The number of carbonyl (C=O) groups is 2. The second-order valence-corrected chi connectivity index (χ2v) is 4.83. The Morgan fingerprint density at radius 1 is 1.29 bits per heavy atom. The number of hydrogen-bond acceptors (Lipinski definition) is 5. The number of carbonyl (C=O) groups excluding carboxylic acids is 1. The summed E-state index contributed by atoms with van der Waals surface area (Å²) in [6.45, 7) is 1.94. The van der Waals surface area contributed by atoms with Gasteiger partial charge in [0.15, 0.2) is 5.69 Å². The summed E-state index contributed by atoms with van der Waals surface area (Å²) >= 11 is 0. The molecule has 9 nitrogen and oxygen atoms in total. The average molecular weight is 296 g/mol. The molecular weight excluding hydrogens is 280 g/mol. The van der Waals surface area contributed by atoms with Crippen LogP contribution in [0.3, 0.4) is 0 Å². The Kier molecular flexibility index (Phi) is 4.53. The fourth-order valence-corrected chi connectivity index (χ4v) is 2.31. The van der Waals surface area contributed by atoms with Gasteiger partial charge >= 0.3 is 11.8 Å². The molecule has 0 spiro atoms. The maximum atomic E-state index is 12.3. The Morgan fingerprint density at radius 3 is 2.67 bits per heavy atom. The van der Waals surface area contributed by atoms with Gasteiger partial charge in [-0.2, -0.15) is 0 Å². The Hall–Kier alpha value is -2.42. The van der Waals surface area contributed by atoms with E-state index in [-0.39, 0.29) is 24.0 Å². The van der Waals surface area contributed by atoms with Gasteiger partial charge in [0, 0.05) is 32.2 Å². The lowest BCUT2D eigenvalue weighted by molar-refractivity contribution is -0.389. The number of nitrogens with zero attached hydrogens (tertiary/aromatic N) is 3. The van der Waals surface area contributed by atoms with Crippen LogP contribution in [-0.4, -0.2) is 69.4 Å². The lowest BCUT2D eigenvalue weighted by Crippen LogP contribution is -2.36. The first-order valence-electron chi connectivity index (χ1n) is 6.54. The van der Waals surface area contributed by atoms with Gasteiger partial charge in [0.25, 0.3) is 5.91 Å². The number of aromatic amines is 1. The predicted octanol–water partition coefficient (Wildman–Crippen LogP) is 0.155. The number of carboxylic acids is 1. The van der Waals surface area contributed by atoms with E-state index in [1.807, 2.05) is 0 Å². The van der Waals surface area contributed by atoms with Crippen molar-refractivity contribution in [2.75, 3.05) is 32.7 Å². The summed E-state index contributed by atoms with van der Waals surface area (Å²) in [4.78, 5) is 38.8. The average Bonchev–Trinajstić information content (AvgIpc) is 2.80. The van der Waals surface area contributed by atoms with E-state index in [4.69, 9.17) is 5.11 Å². The quantitative estimate of drug-likeness (QED) is 0.603. The van der Waals surface area contributed by atoms with Crippen LogP contribution >= 0.6 is 0 Å². The number of carboxylic acid groups (broad SMARTS) is 1. The fourth-order valence-electron chi connectivity index (χ4n) is 2.31. The molecule has 2 heterocycles. The summed E-state index contributed by atoms with van der Waals surface area (Å²) in [6, 6.07) is 2.64. The van der Waals surface area contributed by atoms with E-state index in [1.165, 1.54) is 12.1 Å². The Labute approximate surface area is 120 Å². The third kappa shape index (κ3) is 3.78. The molecule has 0 saturated carbocycles. The molecule has 1 amide bonds. The number of rotatable bonds is 4. The first kappa shape index (κ1) is 15.0. The first-order valence-corrected chi connectivity index (χ1v) is 6.54. The van der Waals surface area contributed by atoms with Crippen molar-refractivity contribution in [3.8, 4) is 0 Å². The predicted molar refractivity (Wildman–Crippen MR) is 72.0 cm³/mol. The summed E-state index contributed by atoms with van der Waals surface area (Å²) in [5.74, 6) is -1.42. The molecule has 114 valence electrons. The summed E-state index contributed by atoms with van der Waals surface area (Å²) in [6.07, 6.45) is 0.668. The van der Waals surface area contributed by atoms with Crippen LogP contribution in [0.5, 0.6) is 0 Å². The lowest BCUT2D eigenvalue weighted by atomic mass is 10.3. The molecule has 0 aromatic carbocycles. The molecule has 0 atom stereocenters. The fraction of sp³-hybridized carbons (Fsp3) is 0.500. The maximum Gasteiger partial charge on any atom is 0.321 e. The minimum atomic E-state index is -0.894. The summed E-state index contributed by atoms with van der Waals surface area (Å²) in [7, 11) is 0. The van der Waals surface area contributed by atoms with Crippen molar-refractivity contribution in [1.29, 1.82) is 0 Å². The van der Waals surface area contributed by atoms with Gasteiger partial charge in [-0.15, -0.1) is 0 Å². The van der Waals surface area contributed by atoms with Gasteiger partial charge in [0.1, 0.15) is 0 Å². The van der Waals surface area contributed by atoms with Gasteiger partial charge in [-0.05, 0) is 17.4 Å². The van der Waals surface area contributed by atoms with Gasteiger partial charge in [-0.1, -0.05) is 0 Å². The van der Waals surface area contributed by atoms with Crippen LogP contribution in [0.1, 0.15) is 16.9 Å². The Morgan fingerprint density at radius 2 is 2.05 bits per heavy atom. The Bertz CT molecular complexity index is 556. The molecule has 1 fully saturated rings. The normalized spacial score (nSPS) is 16.5. The summed E-state index contributed by atoms with van der Waals surface area (Å²) < 4.78 is 0. The minimum absolute atomic E-state index is 0.0456. The molecule has 1 aliphatic heterocycles. The van der Waals surface area contributed by atoms with E-state index in [0.717, 1.165) is 0 Å². The molecule has 1 saturated heterocycles. The maximum absolute atomic E-state index is 12.3. The molecule has 0 aliphatic carbocycles. The second-order valence-electron chi connectivity index (χ2n) is 4.83. The van der Waals surface area contributed by atoms with Crippen molar-refractivity contribution < 1.29 is 19.6 Å². The number of hydrogen-bond donors (Lipinski definition) is 2. The lowest BCUT2D eigenvalue weighted by Gasteiger charge is -2.19. The zero-order valence-corrected chi connectivity index (χ0v) is 11.3. The highest BCUT2D eigenvalue weighted by Gasteiger charge is 2.24. The Balaban J connectivity index is 1.99. The molecule has 2 rings (SSSR count). The number of amides is 1. The molecule has 0 unspecified atom stereocenters. The zero-order valence-electron chi connectivity index (χ0n) is 11.3. The van der Waals surface area contributed by atoms with E-state index in [0.29, 0.717) is 32.6 Å². The molecule has 1 aromatic rings. The molecule has 2 N–H and O–H groups in total. The second kappa shape index (κ2) is 6.35. The van der Waals surface area contributed by atoms with Gasteiger partial charge in [-0.3, -0.25) is 14.5 Å².